The molecule has 2 aromatic heterocycles. The average molecular weight is 614 g/mol. The molecule has 4 aromatic rings. The van der Waals surface area contributed by atoms with Gasteiger partial charge in [0, 0.05) is 59.8 Å². The quantitative estimate of drug-likeness (QED) is 0.331. The number of hydrogen-bond donors (Lipinski definition) is 2. The Balaban J connectivity index is 1.07. The summed E-state index contributed by atoms with van der Waals surface area (Å²) in [4.78, 5) is 52.9. The van der Waals surface area contributed by atoms with E-state index in [0.717, 1.165) is 42.8 Å². The monoisotopic (exact) mass is 613 g/mol. The van der Waals surface area contributed by atoms with Crippen molar-refractivity contribution in [3.8, 4) is 11.1 Å². The molecule has 1 unspecified atom stereocenters. The van der Waals surface area contributed by atoms with Crippen LogP contribution in [0.2, 0.25) is 0 Å². The van der Waals surface area contributed by atoms with Gasteiger partial charge in [0.2, 0.25) is 0 Å². The smallest absolute Gasteiger partial charge is 0.407 e. The number of carbonyl (C=O) groups excluding carboxylic acids is 2. The number of imidazole rings is 1. The van der Waals surface area contributed by atoms with Crippen molar-refractivity contribution in [3.63, 3.8) is 0 Å². The maximum absolute atomic E-state index is 15.7. The minimum absolute atomic E-state index is 0.00680. The van der Waals surface area contributed by atoms with Crippen LogP contribution in [0.4, 0.5) is 20.0 Å². The zero-order valence-corrected chi connectivity index (χ0v) is 24.3. The van der Waals surface area contributed by atoms with Crippen LogP contribution in [0, 0.1) is 5.82 Å². The van der Waals surface area contributed by atoms with Gasteiger partial charge >= 0.3 is 6.09 Å². The summed E-state index contributed by atoms with van der Waals surface area (Å²) in [5.41, 5.74) is 4.22. The fourth-order valence-corrected chi connectivity index (χ4v) is 7.76. The number of nitrogens with zero attached hydrogens (tertiary/aromatic N) is 6. The van der Waals surface area contributed by atoms with E-state index in [4.69, 9.17) is 0 Å². The van der Waals surface area contributed by atoms with Gasteiger partial charge < -0.3 is 24.4 Å². The number of hydrogen-bond acceptors (Lipinski definition) is 7. The number of likely N-dealkylation sites (tertiary alicyclic amines) is 1. The Kier molecular flexibility index (Phi) is 6.19. The third kappa shape index (κ3) is 4.25. The third-order valence-electron chi connectivity index (χ3n) is 9.31. The number of carbonyl (C=O) groups is 3. The number of aromatic nitrogens is 3. The molecule has 3 amide bonds. The van der Waals surface area contributed by atoms with Crippen LogP contribution < -0.4 is 10.2 Å². The second-order valence-corrected chi connectivity index (χ2v) is 12.6. The Hall–Kier alpha value is -4.78. The van der Waals surface area contributed by atoms with E-state index in [1.165, 1.54) is 27.2 Å². The van der Waals surface area contributed by atoms with Crippen molar-refractivity contribution in [1.29, 1.82) is 0 Å². The standard InChI is InChI=1S/C31H28FN7O4S/c32-24-11-18(17-3-5-19(6-4-17)37-13-21-12-20(37)14-38(21)31(42)43)10-22-23(24)15-39(29(22)41)27(28(40)35-30-33-7-9-44-30)26-25-2-1-8-36(25)16-34-26/h3-7,9-11,16,20-21,27H,1-2,8,12-15H2,(H,42,43)(H,33,35,40)/t20-,21-,27?/m1/s1. The summed E-state index contributed by atoms with van der Waals surface area (Å²) in [7, 11) is 0. The van der Waals surface area contributed by atoms with E-state index in [2.05, 4.69) is 20.2 Å². The summed E-state index contributed by atoms with van der Waals surface area (Å²) in [5.74, 6) is -1.36. The van der Waals surface area contributed by atoms with Crippen LogP contribution >= 0.6 is 11.3 Å². The molecule has 0 spiro atoms. The van der Waals surface area contributed by atoms with E-state index in [-0.39, 0.29) is 29.8 Å². The normalized spacial score (nSPS) is 20.8. The molecule has 224 valence electrons. The molecule has 4 aliphatic rings. The summed E-state index contributed by atoms with van der Waals surface area (Å²) in [5, 5.41) is 14.4. The van der Waals surface area contributed by atoms with Gasteiger partial charge in [-0.15, -0.1) is 11.3 Å². The highest BCUT2D eigenvalue weighted by Crippen LogP contribution is 2.39. The molecule has 6 heterocycles. The molecule has 2 N–H and O–H groups in total. The molecule has 2 aromatic carbocycles. The van der Waals surface area contributed by atoms with E-state index < -0.39 is 29.8 Å². The van der Waals surface area contributed by atoms with E-state index in [1.54, 1.807) is 24.0 Å². The van der Waals surface area contributed by atoms with Crippen molar-refractivity contribution in [3.05, 3.63) is 82.6 Å². The van der Waals surface area contributed by atoms with E-state index in [0.29, 0.717) is 29.5 Å². The molecule has 0 aliphatic carbocycles. The number of rotatable bonds is 6. The summed E-state index contributed by atoms with van der Waals surface area (Å²) in [6, 6.07) is 9.94. The Morgan fingerprint density at radius 3 is 2.66 bits per heavy atom. The van der Waals surface area contributed by atoms with E-state index in [1.807, 2.05) is 28.8 Å². The fraction of sp³-hybridized carbons (Fsp3) is 0.323. The van der Waals surface area contributed by atoms with Gasteiger partial charge in [-0.25, -0.2) is 19.2 Å². The van der Waals surface area contributed by atoms with Gasteiger partial charge in [0.15, 0.2) is 11.2 Å². The van der Waals surface area contributed by atoms with Crippen LogP contribution in [0.5, 0.6) is 0 Å². The van der Waals surface area contributed by atoms with Gasteiger partial charge in [0.1, 0.15) is 5.82 Å². The largest absolute Gasteiger partial charge is 0.465 e. The first-order chi connectivity index (χ1) is 21.4. The molecule has 3 atom stereocenters. The predicted molar refractivity (Wildman–Crippen MR) is 160 cm³/mol. The molecule has 13 heteroatoms. The molecule has 2 saturated heterocycles. The third-order valence-corrected chi connectivity index (χ3v) is 9.99. The van der Waals surface area contributed by atoms with Gasteiger partial charge in [-0.3, -0.25) is 14.9 Å². The zero-order chi connectivity index (χ0) is 30.1. The van der Waals surface area contributed by atoms with Crippen molar-refractivity contribution in [2.75, 3.05) is 23.3 Å². The molecule has 8 rings (SSSR count). The summed E-state index contributed by atoms with van der Waals surface area (Å²) < 4.78 is 17.7. The molecule has 44 heavy (non-hydrogen) atoms. The molecular formula is C31H28FN7O4S. The number of benzene rings is 2. The first-order valence-corrected chi connectivity index (χ1v) is 15.5. The highest BCUT2D eigenvalue weighted by atomic mass is 32.1. The van der Waals surface area contributed by atoms with E-state index in [9.17, 15) is 19.5 Å². The Labute approximate surface area is 255 Å². The van der Waals surface area contributed by atoms with Gasteiger partial charge in [-0.1, -0.05) is 12.1 Å². The van der Waals surface area contributed by atoms with Gasteiger partial charge in [-0.2, -0.15) is 0 Å². The van der Waals surface area contributed by atoms with Gasteiger partial charge in [0.25, 0.3) is 11.8 Å². The van der Waals surface area contributed by atoms with Crippen molar-refractivity contribution >= 4 is 40.1 Å². The summed E-state index contributed by atoms with van der Waals surface area (Å²) >= 11 is 1.28. The zero-order valence-electron chi connectivity index (χ0n) is 23.5. The molecule has 11 nitrogen and oxygen atoms in total. The Bertz CT molecular complexity index is 1810. The lowest BCUT2D eigenvalue weighted by Crippen LogP contribution is -2.48. The Morgan fingerprint density at radius 2 is 1.93 bits per heavy atom. The van der Waals surface area contributed by atoms with Crippen LogP contribution in [-0.2, 0) is 24.3 Å². The number of fused-ring (bicyclic) bond motifs is 4. The highest BCUT2D eigenvalue weighted by Gasteiger charge is 2.45. The topological polar surface area (TPSA) is 124 Å². The van der Waals surface area contributed by atoms with Crippen LogP contribution in [0.1, 0.15) is 46.2 Å². The highest BCUT2D eigenvalue weighted by molar-refractivity contribution is 7.13. The number of piperazine rings is 1. The maximum atomic E-state index is 15.7. The lowest BCUT2D eigenvalue weighted by molar-refractivity contribution is -0.121. The maximum Gasteiger partial charge on any atom is 0.407 e. The average Bonchev–Trinajstić information content (AvgIpc) is 3.86. The van der Waals surface area contributed by atoms with Crippen molar-refractivity contribution in [1.82, 2.24) is 24.3 Å². The van der Waals surface area contributed by atoms with Crippen molar-refractivity contribution in [2.24, 2.45) is 0 Å². The number of thiazole rings is 1. The SMILES string of the molecule is O=C(Nc1nccs1)C(c1ncn2c1CCC2)N1Cc2c(F)cc(-c3ccc(N4C[C@H]5C[C@@H]4CN5C(=O)O)cc3)cc2C1=O. The first kappa shape index (κ1) is 26.8. The minimum atomic E-state index is -1.04. The second-order valence-electron chi connectivity index (χ2n) is 11.7. The summed E-state index contributed by atoms with van der Waals surface area (Å²) in [6.07, 6.45) is 4.90. The van der Waals surface area contributed by atoms with Crippen LogP contribution in [0.3, 0.4) is 0 Å². The molecule has 0 saturated carbocycles. The number of nitrogens with one attached hydrogen (secondary N) is 1. The number of halogens is 1. The van der Waals surface area contributed by atoms with Crippen molar-refractivity contribution in [2.45, 2.75) is 50.5 Å². The van der Waals surface area contributed by atoms with Crippen LogP contribution in [-0.4, -0.2) is 72.5 Å². The molecule has 2 fully saturated rings. The molecule has 0 radical (unpaired) electrons. The lowest BCUT2D eigenvalue weighted by Gasteiger charge is -2.34. The van der Waals surface area contributed by atoms with Gasteiger partial charge in [-0.05, 0) is 54.7 Å². The van der Waals surface area contributed by atoms with Crippen LogP contribution in [0.25, 0.3) is 11.1 Å². The lowest BCUT2D eigenvalue weighted by atomic mass is 9.99. The molecule has 4 aliphatic heterocycles. The predicted octanol–water partition coefficient (Wildman–Crippen LogP) is 4.37. The number of amides is 3. The Morgan fingerprint density at radius 1 is 1.09 bits per heavy atom. The number of carboxylic acid groups (broad SMARTS) is 1. The number of aryl methyl sites for hydroxylation is 1. The van der Waals surface area contributed by atoms with Crippen molar-refractivity contribution < 1.29 is 23.9 Å². The minimum Gasteiger partial charge on any atom is -0.465 e. The van der Waals surface area contributed by atoms with Gasteiger partial charge in [0.05, 0.1) is 24.6 Å². The van der Waals surface area contributed by atoms with Crippen LogP contribution in [0.15, 0.2) is 54.3 Å². The second kappa shape index (κ2) is 10.2. The first-order valence-electron chi connectivity index (χ1n) is 14.6. The van der Waals surface area contributed by atoms with E-state index >= 15 is 4.39 Å². The molecular weight excluding hydrogens is 585 g/mol. The fourth-order valence-electron chi connectivity index (χ4n) is 7.23. The number of anilines is 2. The molecule has 2 bridgehead atoms. The summed E-state index contributed by atoms with van der Waals surface area (Å²) in [6.45, 7) is 1.88.